The van der Waals surface area contributed by atoms with Crippen LogP contribution in [0.4, 0.5) is 5.69 Å². The molecule has 0 radical (unpaired) electrons. The number of benzene rings is 3. The molecule has 0 saturated carbocycles. The highest BCUT2D eigenvalue weighted by atomic mass is 35.5. The van der Waals surface area contributed by atoms with Crippen LogP contribution in [0, 0.1) is 20.8 Å². The second kappa shape index (κ2) is 8.90. The van der Waals surface area contributed by atoms with Crippen LogP contribution in [0.25, 0.3) is 0 Å². The second-order valence-corrected chi connectivity index (χ2v) is 9.25. The maximum Gasteiger partial charge on any atom is 0.262 e. The van der Waals surface area contributed by atoms with E-state index < -0.39 is 10.0 Å². The average molecular weight is 443 g/mol. The van der Waals surface area contributed by atoms with Crippen LogP contribution in [0.2, 0.25) is 5.02 Å². The fourth-order valence-electron chi connectivity index (χ4n) is 3.48. The molecule has 5 nitrogen and oxygen atoms in total. The summed E-state index contributed by atoms with van der Waals surface area (Å²) in [4.78, 5) is 13.0. The normalized spacial score (nSPS) is 11.2. The standard InChI is InChI=1S/C23H23ClN2O3S/c1-15-11-16(2)22(17(3)12-15)30(28,29)26-21-10-5-4-9-20(21)23(27)25-14-18-7-6-8-19(24)13-18/h4-13,26H,14H2,1-3H3,(H,25,27). The van der Waals surface area contributed by atoms with Crippen LogP contribution < -0.4 is 10.0 Å². The summed E-state index contributed by atoms with van der Waals surface area (Å²) in [6.07, 6.45) is 0. The summed E-state index contributed by atoms with van der Waals surface area (Å²) in [6.45, 7) is 5.72. The number of halogens is 1. The molecule has 0 aliphatic heterocycles. The van der Waals surface area contributed by atoms with Crippen molar-refractivity contribution in [3.63, 3.8) is 0 Å². The molecular formula is C23H23ClN2O3S. The highest BCUT2D eigenvalue weighted by molar-refractivity contribution is 7.92. The van der Waals surface area contributed by atoms with Crippen molar-refractivity contribution in [1.29, 1.82) is 0 Å². The Bertz CT molecular complexity index is 1180. The molecule has 0 atom stereocenters. The number of nitrogens with one attached hydrogen (secondary N) is 2. The Morgan fingerprint density at radius 1 is 0.933 bits per heavy atom. The van der Waals surface area contributed by atoms with Crippen molar-refractivity contribution < 1.29 is 13.2 Å². The summed E-state index contributed by atoms with van der Waals surface area (Å²) >= 11 is 5.98. The zero-order chi connectivity index (χ0) is 21.9. The van der Waals surface area contributed by atoms with Crippen LogP contribution >= 0.6 is 11.6 Å². The Hall–Kier alpha value is -2.83. The Morgan fingerprint density at radius 3 is 2.27 bits per heavy atom. The van der Waals surface area contributed by atoms with Gasteiger partial charge in [-0.1, -0.05) is 53.6 Å². The fraction of sp³-hybridized carbons (Fsp3) is 0.174. The van der Waals surface area contributed by atoms with E-state index in [1.807, 2.05) is 25.1 Å². The Kier molecular flexibility index (Phi) is 6.48. The van der Waals surface area contributed by atoms with Crippen molar-refractivity contribution in [3.05, 3.63) is 93.5 Å². The molecule has 0 aliphatic rings. The monoisotopic (exact) mass is 442 g/mol. The number of para-hydroxylation sites is 1. The molecular weight excluding hydrogens is 420 g/mol. The van der Waals surface area contributed by atoms with Gasteiger partial charge < -0.3 is 5.32 Å². The van der Waals surface area contributed by atoms with E-state index in [1.54, 1.807) is 56.3 Å². The number of hydrogen-bond donors (Lipinski definition) is 2. The number of carbonyl (C=O) groups is 1. The summed E-state index contributed by atoms with van der Waals surface area (Å²) in [5, 5.41) is 3.39. The molecule has 0 saturated heterocycles. The fourth-order valence-corrected chi connectivity index (χ4v) is 5.23. The zero-order valence-corrected chi connectivity index (χ0v) is 18.6. The lowest BCUT2D eigenvalue weighted by Gasteiger charge is -2.16. The number of sulfonamides is 1. The first-order chi connectivity index (χ1) is 14.2. The predicted octanol–water partition coefficient (Wildman–Crippen LogP) is 5.00. The molecule has 30 heavy (non-hydrogen) atoms. The van der Waals surface area contributed by atoms with Gasteiger partial charge in [-0.2, -0.15) is 0 Å². The van der Waals surface area contributed by atoms with E-state index >= 15 is 0 Å². The van der Waals surface area contributed by atoms with Gasteiger partial charge in [0.05, 0.1) is 16.1 Å². The minimum atomic E-state index is -3.87. The molecule has 0 fully saturated rings. The number of carbonyl (C=O) groups excluding carboxylic acids is 1. The first-order valence-electron chi connectivity index (χ1n) is 9.40. The maximum absolute atomic E-state index is 13.1. The average Bonchev–Trinajstić information content (AvgIpc) is 2.65. The van der Waals surface area contributed by atoms with Crippen LogP contribution in [-0.2, 0) is 16.6 Å². The van der Waals surface area contributed by atoms with Gasteiger partial charge >= 0.3 is 0 Å². The summed E-state index contributed by atoms with van der Waals surface area (Å²) in [5.74, 6) is -0.384. The van der Waals surface area contributed by atoms with Gasteiger partial charge in [-0.25, -0.2) is 8.42 Å². The topological polar surface area (TPSA) is 75.3 Å². The highest BCUT2D eigenvalue weighted by Crippen LogP contribution is 2.26. The van der Waals surface area contributed by atoms with Gasteiger partial charge in [0.1, 0.15) is 0 Å². The number of amides is 1. The third kappa shape index (κ3) is 5.01. The van der Waals surface area contributed by atoms with E-state index in [2.05, 4.69) is 10.0 Å². The first-order valence-corrected chi connectivity index (χ1v) is 11.3. The van der Waals surface area contributed by atoms with E-state index in [0.29, 0.717) is 16.1 Å². The SMILES string of the molecule is Cc1cc(C)c(S(=O)(=O)Nc2ccccc2C(=O)NCc2cccc(Cl)c2)c(C)c1. The van der Waals surface area contributed by atoms with Crippen LogP contribution in [0.1, 0.15) is 32.6 Å². The number of rotatable bonds is 6. The molecule has 7 heteroatoms. The number of hydrogen-bond acceptors (Lipinski definition) is 3. The lowest BCUT2D eigenvalue weighted by atomic mass is 10.1. The van der Waals surface area contributed by atoms with Gasteiger partial charge in [-0.15, -0.1) is 0 Å². The van der Waals surface area contributed by atoms with Crippen molar-refractivity contribution in [2.45, 2.75) is 32.2 Å². The van der Waals surface area contributed by atoms with Crippen molar-refractivity contribution in [2.75, 3.05) is 4.72 Å². The van der Waals surface area contributed by atoms with Crippen LogP contribution in [0.15, 0.2) is 65.6 Å². The van der Waals surface area contributed by atoms with Crippen LogP contribution in [0.5, 0.6) is 0 Å². The Balaban J connectivity index is 1.85. The molecule has 3 aromatic carbocycles. The van der Waals surface area contributed by atoms with E-state index in [-0.39, 0.29) is 28.6 Å². The summed E-state index contributed by atoms with van der Waals surface area (Å²) < 4.78 is 28.8. The molecule has 0 bridgehead atoms. The quantitative estimate of drug-likeness (QED) is 0.564. The summed E-state index contributed by atoms with van der Waals surface area (Å²) in [6, 6.07) is 17.4. The number of aryl methyl sites for hydroxylation is 3. The first kappa shape index (κ1) is 21.9. The highest BCUT2D eigenvalue weighted by Gasteiger charge is 2.22. The molecule has 0 aliphatic carbocycles. The maximum atomic E-state index is 13.1. The van der Waals surface area contributed by atoms with Gasteiger partial charge in [-0.3, -0.25) is 9.52 Å². The molecule has 2 N–H and O–H groups in total. The smallest absolute Gasteiger partial charge is 0.262 e. The van der Waals surface area contributed by atoms with Crippen molar-refractivity contribution in [1.82, 2.24) is 5.32 Å². The van der Waals surface area contributed by atoms with E-state index in [0.717, 1.165) is 11.1 Å². The Morgan fingerprint density at radius 2 is 1.60 bits per heavy atom. The van der Waals surface area contributed by atoms with Gasteiger partial charge in [0.25, 0.3) is 15.9 Å². The third-order valence-electron chi connectivity index (χ3n) is 4.63. The van der Waals surface area contributed by atoms with Gasteiger partial charge in [-0.05, 0) is 61.7 Å². The second-order valence-electron chi connectivity index (χ2n) is 7.19. The molecule has 3 aromatic rings. The number of anilines is 1. The molecule has 1 amide bonds. The molecule has 0 unspecified atom stereocenters. The van der Waals surface area contributed by atoms with Crippen molar-refractivity contribution >= 4 is 33.2 Å². The third-order valence-corrected chi connectivity index (χ3v) is 6.54. The zero-order valence-electron chi connectivity index (χ0n) is 17.0. The van der Waals surface area contributed by atoms with Crippen LogP contribution in [0.3, 0.4) is 0 Å². The molecule has 3 rings (SSSR count). The Labute approximate surface area is 182 Å². The van der Waals surface area contributed by atoms with E-state index in [4.69, 9.17) is 11.6 Å². The van der Waals surface area contributed by atoms with Gasteiger partial charge in [0.2, 0.25) is 0 Å². The predicted molar refractivity (Wildman–Crippen MR) is 121 cm³/mol. The molecule has 0 heterocycles. The van der Waals surface area contributed by atoms with Gasteiger partial charge in [0, 0.05) is 11.6 Å². The van der Waals surface area contributed by atoms with E-state index in [1.165, 1.54) is 0 Å². The van der Waals surface area contributed by atoms with E-state index in [9.17, 15) is 13.2 Å². The summed E-state index contributed by atoms with van der Waals surface area (Å²) in [7, 11) is -3.87. The van der Waals surface area contributed by atoms with Crippen molar-refractivity contribution in [2.24, 2.45) is 0 Å². The van der Waals surface area contributed by atoms with Gasteiger partial charge in [0.15, 0.2) is 0 Å². The lowest BCUT2D eigenvalue weighted by Crippen LogP contribution is -2.25. The minimum absolute atomic E-state index is 0.223. The minimum Gasteiger partial charge on any atom is -0.348 e. The summed E-state index contributed by atoms with van der Waals surface area (Å²) in [5.41, 5.74) is 3.61. The molecule has 156 valence electrons. The largest absolute Gasteiger partial charge is 0.348 e. The molecule has 0 aromatic heterocycles. The molecule has 0 spiro atoms. The van der Waals surface area contributed by atoms with Crippen LogP contribution in [-0.4, -0.2) is 14.3 Å². The van der Waals surface area contributed by atoms with Crippen molar-refractivity contribution in [3.8, 4) is 0 Å². The lowest BCUT2D eigenvalue weighted by molar-refractivity contribution is 0.0952.